The zero-order valence-electron chi connectivity index (χ0n) is 14.2. The van der Waals surface area contributed by atoms with Crippen LogP contribution in [0.4, 0.5) is 0 Å². The molecule has 132 valence electrons. The van der Waals surface area contributed by atoms with Crippen LogP contribution in [0.1, 0.15) is 6.92 Å². The van der Waals surface area contributed by atoms with Gasteiger partial charge in [-0.25, -0.2) is 9.48 Å². The van der Waals surface area contributed by atoms with Crippen molar-refractivity contribution in [2.24, 2.45) is 0 Å². The van der Waals surface area contributed by atoms with Crippen LogP contribution in [-0.2, 0) is 14.3 Å². The largest absolute Gasteiger partial charge is 0.503 e. The van der Waals surface area contributed by atoms with E-state index in [9.17, 15) is 4.79 Å². The molecule has 2 aromatic rings. The van der Waals surface area contributed by atoms with Crippen molar-refractivity contribution in [3.05, 3.63) is 65.0 Å². The lowest BCUT2D eigenvalue weighted by Crippen LogP contribution is -2.07. The van der Waals surface area contributed by atoms with Gasteiger partial charge in [-0.2, -0.15) is 0 Å². The standard InChI is InChI=1S/C18H19ClN2O4/c1-13(16(12-23-2)18(22)24-3)9-11-25-17-8-10-21(20-17)15-6-4-14(19)5-7-15/h4-10,12H,11H2,1-3H3. The van der Waals surface area contributed by atoms with E-state index in [2.05, 4.69) is 5.10 Å². The molecule has 25 heavy (non-hydrogen) atoms. The first-order valence-electron chi connectivity index (χ1n) is 7.48. The van der Waals surface area contributed by atoms with Crippen molar-refractivity contribution in [2.45, 2.75) is 6.92 Å². The Morgan fingerprint density at radius 2 is 1.96 bits per heavy atom. The summed E-state index contributed by atoms with van der Waals surface area (Å²) in [5.74, 6) is -0.00282. The Bertz CT molecular complexity index is 779. The number of rotatable bonds is 7. The van der Waals surface area contributed by atoms with E-state index in [0.29, 0.717) is 22.0 Å². The van der Waals surface area contributed by atoms with Gasteiger partial charge in [0.25, 0.3) is 0 Å². The molecule has 1 aromatic carbocycles. The molecule has 0 radical (unpaired) electrons. The zero-order chi connectivity index (χ0) is 18.2. The second-order valence-corrected chi connectivity index (χ2v) is 5.47. The molecule has 0 aliphatic carbocycles. The van der Waals surface area contributed by atoms with Crippen molar-refractivity contribution in [3.8, 4) is 11.6 Å². The molecule has 0 amide bonds. The van der Waals surface area contributed by atoms with Crippen LogP contribution in [0.25, 0.3) is 5.69 Å². The fourth-order valence-electron chi connectivity index (χ4n) is 2.01. The van der Waals surface area contributed by atoms with E-state index in [0.717, 1.165) is 5.69 Å². The number of methoxy groups -OCH3 is 2. The molecule has 0 fully saturated rings. The summed E-state index contributed by atoms with van der Waals surface area (Å²) in [6.45, 7) is 2.03. The van der Waals surface area contributed by atoms with E-state index in [-0.39, 0.29) is 6.61 Å². The minimum atomic E-state index is -0.470. The lowest BCUT2D eigenvalue weighted by atomic mass is 10.1. The number of hydrogen-bond donors (Lipinski definition) is 0. The average molecular weight is 363 g/mol. The molecule has 0 spiro atoms. The maximum Gasteiger partial charge on any atom is 0.341 e. The summed E-state index contributed by atoms with van der Waals surface area (Å²) < 4.78 is 16.9. The SMILES string of the molecule is COC=C(C(=O)OC)C(C)=CCOc1ccn(-c2ccc(Cl)cc2)n1. The molecule has 0 saturated heterocycles. The van der Waals surface area contributed by atoms with Gasteiger partial charge >= 0.3 is 5.97 Å². The van der Waals surface area contributed by atoms with E-state index in [4.69, 9.17) is 25.8 Å². The molecule has 0 aliphatic rings. The summed E-state index contributed by atoms with van der Waals surface area (Å²) in [7, 11) is 2.79. The Balaban J connectivity index is 2.00. The summed E-state index contributed by atoms with van der Waals surface area (Å²) in [5, 5.41) is 5.00. The van der Waals surface area contributed by atoms with Crippen molar-refractivity contribution in [1.29, 1.82) is 0 Å². The third kappa shape index (κ3) is 5.12. The van der Waals surface area contributed by atoms with Gasteiger partial charge in [-0.05, 0) is 42.8 Å². The van der Waals surface area contributed by atoms with Crippen LogP contribution in [0.3, 0.4) is 0 Å². The van der Waals surface area contributed by atoms with Gasteiger partial charge in [-0.15, -0.1) is 5.10 Å². The van der Waals surface area contributed by atoms with Crippen LogP contribution < -0.4 is 4.74 Å². The van der Waals surface area contributed by atoms with Gasteiger partial charge in [0, 0.05) is 17.3 Å². The summed E-state index contributed by atoms with van der Waals surface area (Å²) >= 11 is 5.88. The molecular formula is C18H19ClN2O4. The van der Waals surface area contributed by atoms with E-state index < -0.39 is 5.97 Å². The second-order valence-electron chi connectivity index (χ2n) is 5.03. The lowest BCUT2D eigenvalue weighted by Gasteiger charge is -2.06. The summed E-state index contributed by atoms with van der Waals surface area (Å²) in [6, 6.07) is 9.07. The number of nitrogens with zero attached hydrogens (tertiary/aromatic N) is 2. The van der Waals surface area contributed by atoms with Gasteiger partial charge in [-0.1, -0.05) is 11.6 Å². The number of halogens is 1. The molecule has 0 saturated carbocycles. The van der Waals surface area contributed by atoms with Gasteiger partial charge in [-0.3, -0.25) is 0 Å². The Morgan fingerprint density at radius 3 is 2.60 bits per heavy atom. The molecule has 0 atom stereocenters. The van der Waals surface area contributed by atoms with E-state index in [1.54, 1.807) is 42.1 Å². The molecule has 0 unspecified atom stereocenters. The van der Waals surface area contributed by atoms with Crippen molar-refractivity contribution < 1.29 is 19.0 Å². The summed E-state index contributed by atoms with van der Waals surface area (Å²) in [4.78, 5) is 11.7. The highest BCUT2D eigenvalue weighted by atomic mass is 35.5. The topological polar surface area (TPSA) is 62.6 Å². The predicted octanol–water partition coefficient (Wildman–Crippen LogP) is 3.55. The predicted molar refractivity (Wildman–Crippen MR) is 94.9 cm³/mol. The molecular weight excluding hydrogens is 344 g/mol. The van der Waals surface area contributed by atoms with Gasteiger partial charge < -0.3 is 14.2 Å². The number of carbonyl (C=O) groups excluding carboxylic acids is 1. The molecule has 0 N–H and O–H groups in total. The van der Waals surface area contributed by atoms with Gasteiger partial charge in [0.05, 0.1) is 31.7 Å². The highest BCUT2D eigenvalue weighted by molar-refractivity contribution is 6.30. The minimum Gasteiger partial charge on any atom is -0.503 e. The smallest absolute Gasteiger partial charge is 0.341 e. The van der Waals surface area contributed by atoms with E-state index in [1.807, 2.05) is 12.1 Å². The molecule has 7 heteroatoms. The van der Waals surface area contributed by atoms with Crippen molar-refractivity contribution in [3.63, 3.8) is 0 Å². The van der Waals surface area contributed by atoms with Gasteiger partial charge in [0.15, 0.2) is 0 Å². The van der Waals surface area contributed by atoms with Crippen molar-refractivity contribution >= 4 is 17.6 Å². The molecule has 1 aromatic heterocycles. The molecule has 1 heterocycles. The first-order valence-corrected chi connectivity index (χ1v) is 7.85. The first-order chi connectivity index (χ1) is 12.0. The maximum absolute atomic E-state index is 11.7. The number of ether oxygens (including phenoxy) is 3. The Labute approximate surface area is 151 Å². The van der Waals surface area contributed by atoms with Crippen LogP contribution in [0.5, 0.6) is 5.88 Å². The normalized spacial score (nSPS) is 12.0. The second kappa shape index (κ2) is 8.94. The van der Waals surface area contributed by atoms with Crippen LogP contribution in [0, 0.1) is 0 Å². The molecule has 2 rings (SSSR count). The fourth-order valence-corrected chi connectivity index (χ4v) is 2.14. The number of carbonyl (C=O) groups is 1. The number of hydrogen-bond acceptors (Lipinski definition) is 5. The van der Waals surface area contributed by atoms with Crippen LogP contribution >= 0.6 is 11.6 Å². The van der Waals surface area contributed by atoms with Crippen molar-refractivity contribution in [2.75, 3.05) is 20.8 Å². The number of aromatic nitrogens is 2. The monoisotopic (exact) mass is 362 g/mol. The number of benzene rings is 1. The quantitative estimate of drug-likeness (QED) is 0.326. The Hall–Kier alpha value is -2.73. The van der Waals surface area contributed by atoms with Crippen LogP contribution in [0.2, 0.25) is 5.02 Å². The summed E-state index contributed by atoms with van der Waals surface area (Å²) in [6.07, 6.45) is 4.88. The first kappa shape index (κ1) is 18.6. The van der Waals surface area contributed by atoms with Crippen molar-refractivity contribution in [1.82, 2.24) is 9.78 Å². The molecule has 0 bridgehead atoms. The maximum atomic E-state index is 11.7. The van der Waals surface area contributed by atoms with Gasteiger partial charge in [0.2, 0.25) is 5.88 Å². The van der Waals surface area contributed by atoms with Crippen LogP contribution in [-0.4, -0.2) is 36.6 Å². The third-order valence-electron chi connectivity index (χ3n) is 3.34. The average Bonchev–Trinajstić information content (AvgIpc) is 3.08. The Kier molecular flexibility index (Phi) is 6.65. The zero-order valence-corrected chi connectivity index (χ0v) is 15.0. The number of esters is 1. The minimum absolute atomic E-state index is 0.252. The lowest BCUT2D eigenvalue weighted by molar-refractivity contribution is -0.135. The third-order valence-corrected chi connectivity index (χ3v) is 3.59. The van der Waals surface area contributed by atoms with E-state index in [1.165, 1.54) is 20.5 Å². The van der Waals surface area contributed by atoms with Crippen LogP contribution in [0.15, 0.2) is 60.0 Å². The summed E-state index contributed by atoms with van der Waals surface area (Å²) in [5.41, 5.74) is 1.90. The highest BCUT2D eigenvalue weighted by Gasteiger charge is 2.12. The highest BCUT2D eigenvalue weighted by Crippen LogP contribution is 2.16. The van der Waals surface area contributed by atoms with E-state index >= 15 is 0 Å². The Morgan fingerprint density at radius 1 is 1.24 bits per heavy atom. The molecule has 0 aliphatic heterocycles. The molecule has 6 nitrogen and oxygen atoms in total. The fraction of sp³-hybridized carbons (Fsp3) is 0.222. The van der Waals surface area contributed by atoms with Gasteiger partial charge in [0.1, 0.15) is 6.61 Å².